The summed E-state index contributed by atoms with van der Waals surface area (Å²) < 4.78 is 6.12. The van der Waals surface area contributed by atoms with Crippen LogP contribution in [-0.2, 0) is 9.22 Å². The molecule has 0 radical (unpaired) electrons. The third kappa shape index (κ3) is 6.70. The first-order valence-corrected chi connectivity index (χ1v) is 12.7. The van der Waals surface area contributed by atoms with Crippen molar-refractivity contribution in [3.8, 4) is 0 Å². The van der Waals surface area contributed by atoms with Gasteiger partial charge in [0.15, 0.2) is 8.32 Å². The molecule has 0 aromatic heterocycles. The average molecular weight is 441 g/mol. The van der Waals surface area contributed by atoms with Crippen molar-refractivity contribution in [2.75, 3.05) is 12.5 Å². The Morgan fingerprint density at radius 3 is 2.38 bits per heavy atom. The minimum Gasteiger partial charge on any atom is -0.417 e. The second kappa shape index (κ2) is 9.76. The van der Waals surface area contributed by atoms with Crippen molar-refractivity contribution in [2.24, 2.45) is 0 Å². The Morgan fingerprint density at radius 1 is 1.27 bits per heavy atom. The van der Waals surface area contributed by atoms with E-state index in [0.29, 0.717) is 28.6 Å². The van der Waals surface area contributed by atoms with Crippen molar-refractivity contribution in [2.45, 2.75) is 57.5 Å². The SMILES string of the molecule is CC(C)(C)[Si](C)(C)OCC[C@@H](O)C(NC(=O)CCl)c1ccc(Cl)c(Cl)c1. The van der Waals surface area contributed by atoms with E-state index in [-0.39, 0.29) is 16.8 Å². The molecule has 2 atom stereocenters. The van der Waals surface area contributed by atoms with Crippen molar-refractivity contribution < 1.29 is 14.3 Å². The molecule has 1 unspecified atom stereocenters. The third-order valence-corrected chi connectivity index (χ3v) is 10.3. The fourth-order valence-electron chi connectivity index (χ4n) is 2.14. The van der Waals surface area contributed by atoms with Crippen molar-refractivity contribution in [3.05, 3.63) is 33.8 Å². The molecule has 1 amide bonds. The number of rotatable bonds is 8. The van der Waals surface area contributed by atoms with E-state index in [1.165, 1.54) is 0 Å². The lowest BCUT2D eigenvalue weighted by Gasteiger charge is -2.36. The molecule has 0 spiro atoms. The van der Waals surface area contributed by atoms with E-state index in [4.69, 9.17) is 39.2 Å². The lowest BCUT2D eigenvalue weighted by molar-refractivity contribution is -0.120. The molecule has 2 N–H and O–H groups in total. The van der Waals surface area contributed by atoms with Gasteiger partial charge in [0.1, 0.15) is 5.88 Å². The maximum atomic E-state index is 11.8. The van der Waals surface area contributed by atoms with Gasteiger partial charge in [-0.1, -0.05) is 50.0 Å². The Kier molecular flexibility index (Phi) is 8.91. The molecule has 8 heteroatoms. The zero-order chi connectivity index (χ0) is 20.1. The summed E-state index contributed by atoms with van der Waals surface area (Å²) in [5, 5.41) is 14.3. The normalized spacial score (nSPS) is 14.8. The number of hydrogen-bond acceptors (Lipinski definition) is 3. The number of carbonyl (C=O) groups is 1. The molecule has 1 aromatic rings. The molecule has 1 rings (SSSR count). The van der Waals surface area contributed by atoms with Gasteiger partial charge in [-0.05, 0) is 42.2 Å². The van der Waals surface area contributed by atoms with Gasteiger partial charge in [-0.2, -0.15) is 0 Å². The maximum Gasteiger partial charge on any atom is 0.235 e. The summed E-state index contributed by atoms with van der Waals surface area (Å²) in [5.41, 5.74) is 0.665. The fourth-order valence-corrected chi connectivity index (χ4v) is 3.58. The number of carbonyl (C=O) groups excluding carboxylic acids is 1. The summed E-state index contributed by atoms with van der Waals surface area (Å²) in [6, 6.07) is 4.36. The fraction of sp³-hybridized carbons (Fsp3) is 0.611. The lowest BCUT2D eigenvalue weighted by atomic mass is 9.99. The molecule has 0 aliphatic heterocycles. The topological polar surface area (TPSA) is 58.6 Å². The summed E-state index contributed by atoms with van der Waals surface area (Å²) in [6.07, 6.45) is -0.468. The zero-order valence-electron chi connectivity index (χ0n) is 15.9. The lowest BCUT2D eigenvalue weighted by Crippen LogP contribution is -2.42. The van der Waals surface area contributed by atoms with Gasteiger partial charge in [-0.15, -0.1) is 11.6 Å². The summed E-state index contributed by atoms with van der Waals surface area (Å²) in [4.78, 5) is 11.8. The van der Waals surface area contributed by atoms with Crippen LogP contribution in [0, 0.1) is 0 Å². The number of halogens is 3. The molecule has 0 aliphatic rings. The molecular formula is C18H28Cl3NO3Si. The Balaban J connectivity index is 2.86. The van der Waals surface area contributed by atoms with E-state index in [0.717, 1.165) is 0 Å². The van der Waals surface area contributed by atoms with E-state index in [1.54, 1.807) is 18.2 Å². The molecule has 26 heavy (non-hydrogen) atoms. The largest absolute Gasteiger partial charge is 0.417 e. The highest BCUT2D eigenvalue weighted by atomic mass is 35.5. The Labute approximate surface area is 172 Å². The highest BCUT2D eigenvalue weighted by Gasteiger charge is 2.37. The van der Waals surface area contributed by atoms with Gasteiger partial charge in [0, 0.05) is 6.61 Å². The molecule has 0 fully saturated rings. The van der Waals surface area contributed by atoms with Gasteiger partial charge in [-0.3, -0.25) is 4.79 Å². The minimum atomic E-state index is -1.90. The summed E-state index contributed by atoms with van der Waals surface area (Å²) >= 11 is 17.6. The molecule has 0 aliphatic carbocycles. The van der Waals surface area contributed by atoms with Crippen molar-refractivity contribution in [1.29, 1.82) is 0 Å². The van der Waals surface area contributed by atoms with Gasteiger partial charge in [0.2, 0.25) is 5.91 Å². The first-order valence-electron chi connectivity index (χ1n) is 8.51. The highest BCUT2D eigenvalue weighted by molar-refractivity contribution is 6.74. The van der Waals surface area contributed by atoms with E-state index in [1.807, 2.05) is 0 Å². The quantitative estimate of drug-likeness (QED) is 0.433. The number of aliphatic hydroxyl groups is 1. The van der Waals surface area contributed by atoms with Crippen LogP contribution in [0.4, 0.5) is 0 Å². The third-order valence-electron chi connectivity index (χ3n) is 4.81. The van der Waals surface area contributed by atoms with Gasteiger partial charge in [-0.25, -0.2) is 0 Å². The van der Waals surface area contributed by atoms with Crippen LogP contribution in [0.5, 0.6) is 0 Å². The Bertz CT molecular complexity index is 620. The number of nitrogens with one attached hydrogen (secondary N) is 1. The second-order valence-corrected chi connectivity index (χ2v) is 13.7. The van der Waals surface area contributed by atoms with Gasteiger partial charge in [0.05, 0.1) is 22.2 Å². The van der Waals surface area contributed by atoms with E-state index in [9.17, 15) is 9.90 Å². The molecule has 4 nitrogen and oxygen atoms in total. The minimum absolute atomic E-state index is 0.0912. The van der Waals surface area contributed by atoms with Gasteiger partial charge < -0.3 is 14.8 Å². The van der Waals surface area contributed by atoms with Crippen molar-refractivity contribution in [3.63, 3.8) is 0 Å². The van der Waals surface area contributed by atoms with Gasteiger partial charge >= 0.3 is 0 Å². The first kappa shape index (κ1) is 23.7. The van der Waals surface area contributed by atoms with Crippen LogP contribution in [0.3, 0.4) is 0 Å². The second-order valence-electron chi connectivity index (χ2n) is 7.82. The smallest absolute Gasteiger partial charge is 0.235 e. The average Bonchev–Trinajstić information content (AvgIpc) is 2.53. The van der Waals surface area contributed by atoms with Crippen molar-refractivity contribution in [1.82, 2.24) is 5.32 Å². The molecule has 1 aromatic carbocycles. The van der Waals surface area contributed by atoms with Gasteiger partial charge in [0.25, 0.3) is 0 Å². The molecule has 0 heterocycles. The predicted molar refractivity (Wildman–Crippen MR) is 112 cm³/mol. The predicted octanol–water partition coefficient (Wildman–Crippen LogP) is 5.16. The summed E-state index contributed by atoms with van der Waals surface area (Å²) in [5.74, 6) is -0.558. The van der Waals surface area contributed by atoms with Crippen molar-refractivity contribution >= 4 is 49.0 Å². The van der Waals surface area contributed by atoms with Crippen LogP contribution in [0.2, 0.25) is 28.2 Å². The number of aliphatic hydroxyl groups excluding tert-OH is 1. The van der Waals surface area contributed by atoms with Crippen LogP contribution < -0.4 is 5.32 Å². The van der Waals surface area contributed by atoms with Crippen LogP contribution in [0.1, 0.15) is 38.8 Å². The van der Waals surface area contributed by atoms with Crippen LogP contribution in [-0.4, -0.2) is 37.9 Å². The molecular weight excluding hydrogens is 413 g/mol. The number of hydrogen-bond donors (Lipinski definition) is 2. The number of amides is 1. The Hall–Kier alpha value is -0.303. The number of alkyl halides is 1. The van der Waals surface area contributed by atoms with Crippen LogP contribution >= 0.6 is 34.8 Å². The molecule has 148 valence electrons. The Morgan fingerprint density at radius 2 is 1.88 bits per heavy atom. The first-order chi connectivity index (χ1) is 11.9. The summed E-state index contributed by atoms with van der Waals surface area (Å²) in [6.45, 7) is 11.2. The standard InChI is InChI=1S/C18H28Cl3NO3Si/c1-18(2,3)26(4,5)25-9-8-15(23)17(22-16(24)11-19)12-6-7-13(20)14(21)10-12/h6-7,10,15,17,23H,8-9,11H2,1-5H3,(H,22,24)/t15-,17?/m1/s1. The van der Waals surface area contributed by atoms with E-state index in [2.05, 4.69) is 39.2 Å². The monoisotopic (exact) mass is 439 g/mol. The van der Waals surface area contributed by atoms with E-state index >= 15 is 0 Å². The highest BCUT2D eigenvalue weighted by Crippen LogP contribution is 2.36. The molecule has 0 saturated carbocycles. The van der Waals surface area contributed by atoms with E-state index < -0.39 is 20.5 Å². The molecule has 0 saturated heterocycles. The van der Waals surface area contributed by atoms with Crippen LogP contribution in [0.15, 0.2) is 18.2 Å². The summed E-state index contributed by atoms with van der Waals surface area (Å²) in [7, 11) is -1.90. The van der Waals surface area contributed by atoms with Crippen LogP contribution in [0.25, 0.3) is 0 Å². The maximum absolute atomic E-state index is 11.8. The number of benzene rings is 1. The molecule has 0 bridgehead atoms. The zero-order valence-corrected chi connectivity index (χ0v) is 19.2.